The van der Waals surface area contributed by atoms with Gasteiger partial charge in [-0.05, 0) is 141 Å². The molecular weight excluding hydrogens is 1190 g/mol. The second-order valence-corrected chi connectivity index (χ2v) is 24.8. The largest absolute Gasteiger partial charge is 0.472 e. The van der Waals surface area contributed by atoms with Crippen LogP contribution < -0.4 is 0 Å². The van der Waals surface area contributed by atoms with E-state index < -0.39 is 91.5 Å². The molecule has 4 N–H and O–H groups in total. The van der Waals surface area contributed by atoms with E-state index in [9.17, 15) is 43.5 Å². The zero-order valence-electron chi connectivity index (χ0n) is 55.7. The molecule has 5 atom stereocenters. The van der Waals surface area contributed by atoms with Crippen molar-refractivity contribution in [2.24, 2.45) is 0 Å². The molecule has 0 aromatic heterocycles. The molecule has 0 saturated carbocycles. The first-order chi connectivity index (χ1) is 44.2. The Morgan fingerprint density at radius 2 is 0.593 bits per heavy atom. The van der Waals surface area contributed by atoms with Crippen molar-refractivity contribution in [3.05, 3.63) is 158 Å². The lowest BCUT2D eigenvalue weighted by Crippen LogP contribution is -2.30. The van der Waals surface area contributed by atoms with Gasteiger partial charge in [-0.3, -0.25) is 32.5 Å². The van der Waals surface area contributed by atoms with Crippen LogP contribution in [0.4, 0.5) is 0 Å². The lowest BCUT2D eigenvalue weighted by molar-refractivity contribution is -0.161. The highest BCUT2D eigenvalue weighted by Crippen LogP contribution is 2.45. The summed E-state index contributed by atoms with van der Waals surface area (Å²) in [6, 6.07) is 0. The Morgan fingerprint density at radius 3 is 0.967 bits per heavy atom. The van der Waals surface area contributed by atoms with Gasteiger partial charge < -0.3 is 34.2 Å². The highest BCUT2D eigenvalue weighted by molar-refractivity contribution is 7.47. The van der Waals surface area contributed by atoms with Crippen LogP contribution in [0, 0.1) is 0 Å². The summed E-state index contributed by atoms with van der Waals surface area (Å²) in [5, 5.41) is 20.5. The van der Waals surface area contributed by atoms with Crippen LogP contribution in [0.15, 0.2) is 158 Å². The van der Waals surface area contributed by atoms with E-state index in [0.717, 1.165) is 135 Å². The number of phosphoric ester groups is 2. The third-order valence-electron chi connectivity index (χ3n) is 13.2. The van der Waals surface area contributed by atoms with E-state index in [-0.39, 0.29) is 19.3 Å². The minimum Gasteiger partial charge on any atom is -0.463 e. The molecule has 16 nitrogen and oxygen atoms in total. The molecule has 0 aliphatic carbocycles. The van der Waals surface area contributed by atoms with E-state index >= 15 is 0 Å². The van der Waals surface area contributed by atoms with Crippen molar-refractivity contribution in [1.29, 1.82) is 0 Å². The summed E-state index contributed by atoms with van der Waals surface area (Å²) in [5.41, 5.74) is 0. The van der Waals surface area contributed by atoms with Crippen molar-refractivity contribution in [2.75, 3.05) is 39.6 Å². The number of ether oxygens (including phenoxy) is 3. The Kier molecular flexibility index (Phi) is 61.8. The smallest absolute Gasteiger partial charge is 0.463 e. The maximum atomic E-state index is 12.9. The third-order valence-corrected chi connectivity index (χ3v) is 15.1. The highest BCUT2D eigenvalue weighted by atomic mass is 31.2. The van der Waals surface area contributed by atoms with Crippen molar-refractivity contribution in [3.8, 4) is 0 Å². The van der Waals surface area contributed by atoms with Crippen LogP contribution in [0.25, 0.3) is 0 Å². The second kappa shape index (κ2) is 65.2. The third kappa shape index (κ3) is 66.4. The van der Waals surface area contributed by atoms with Crippen molar-refractivity contribution in [2.45, 2.75) is 245 Å². The molecule has 0 saturated heterocycles. The van der Waals surface area contributed by atoms with Gasteiger partial charge in [0.2, 0.25) is 0 Å². The number of carbonyl (C=O) groups is 3. The van der Waals surface area contributed by atoms with Gasteiger partial charge in [0.25, 0.3) is 0 Å². The van der Waals surface area contributed by atoms with Gasteiger partial charge in [-0.25, -0.2) is 9.13 Å². The van der Waals surface area contributed by atoms with E-state index in [2.05, 4.69) is 167 Å². The zero-order valence-corrected chi connectivity index (χ0v) is 57.5. The number of aliphatic hydroxyl groups excluding tert-OH is 2. The molecule has 0 aliphatic rings. The molecule has 0 aromatic rings. The van der Waals surface area contributed by atoms with Crippen molar-refractivity contribution < 1.29 is 75.8 Å². The number of carbonyl (C=O) groups excluding carboxylic acids is 3. The number of hydrogen-bond acceptors (Lipinski definition) is 14. The first kappa shape index (κ1) is 86.2. The van der Waals surface area contributed by atoms with E-state index in [4.69, 9.17) is 32.3 Å². The zero-order chi connectivity index (χ0) is 66.7. The molecule has 0 radical (unpaired) electrons. The Balaban J connectivity index is 4.78. The normalized spacial score (nSPS) is 15.2. The summed E-state index contributed by atoms with van der Waals surface area (Å²) in [7, 11) is -9.82. The van der Waals surface area contributed by atoms with Crippen LogP contribution in [0.2, 0.25) is 0 Å². The number of esters is 3. The average molecular weight is 1310 g/mol. The topological polar surface area (TPSA) is 231 Å². The van der Waals surface area contributed by atoms with Crippen molar-refractivity contribution >= 4 is 33.6 Å². The summed E-state index contributed by atoms with van der Waals surface area (Å²) in [6.07, 6.45) is 78.7. The number of phosphoric acid groups is 2. The molecule has 0 bridgehead atoms. The fraction of sp³-hybridized carbons (Fsp3) is 0.603. The Morgan fingerprint density at radius 1 is 0.319 bits per heavy atom. The fourth-order valence-corrected chi connectivity index (χ4v) is 9.69. The van der Waals surface area contributed by atoms with Gasteiger partial charge >= 0.3 is 33.6 Å². The Labute approximate surface area is 549 Å². The van der Waals surface area contributed by atoms with Gasteiger partial charge in [0.05, 0.1) is 26.4 Å². The number of hydrogen-bond donors (Lipinski definition) is 4. The van der Waals surface area contributed by atoms with Crippen LogP contribution in [-0.2, 0) is 55.8 Å². The lowest BCUT2D eigenvalue weighted by Gasteiger charge is -2.21. The average Bonchev–Trinajstić information content (AvgIpc) is 3.02. The quantitative estimate of drug-likeness (QED) is 0.0146. The van der Waals surface area contributed by atoms with Gasteiger partial charge in [-0.15, -0.1) is 0 Å². The van der Waals surface area contributed by atoms with Crippen molar-refractivity contribution in [1.82, 2.24) is 0 Å². The van der Waals surface area contributed by atoms with E-state index in [1.54, 1.807) is 0 Å². The molecule has 0 rings (SSSR count). The summed E-state index contributed by atoms with van der Waals surface area (Å²) in [5.74, 6) is -1.70. The van der Waals surface area contributed by atoms with Gasteiger partial charge in [-0.1, -0.05) is 224 Å². The Bertz CT molecular complexity index is 2290. The molecule has 0 amide bonds. The van der Waals surface area contributed by atoms with Crippen molar-refractivity contribution in [3.63, 3.8) is 0 Å². The minimum absolute atomic E-state index is 0.0572. The summed E-state index contributed by atoms with van der Waals surface area (Å²) >= 11 is 0. The first-order valence-corrected chi connectivity index (χ1v) is 36.8. The number of rotatable bonds is 62. The molecule has 5 unspecified atom stereocenters. The predicted octanol–water partition coefficient (Wildman–Crippen LogP) is 18.7. The maximum Gasteiger partial charge on any atom is 0.472 e. The van der Waals surface area contributed by atoms with Gasteiger partial charge in [0.1, 0.15) is 25.4 Å². The molecule has 0 fully saturated rings. The van der Waals surface area contributed by atoms with Crippen LogP contribution >= 0.6 is 15.6 Å². The predicted molar refractivity (Wildman–Crippen MR) is 371 cm³/mol. The number of unbranched alkanes of at least 4 members (excludes halogenated alkanes) is 13. The summed E-state index contributed by atoms with van der Waals surface area (Å²) in [6.45, 7) is 2.25. The maximum absolute atomic E-state index is 12.9. The monoisotopic (exact) mass is 1310 g/mol. The fourth-order valence-electron chi connectivity index (χ4n) is 8.11. The molecular formula is C73H118O16P2. The second-order valence-electron chi connectivity index (χ2n) is 21.9. The van der Waals surface area contributed by atoms with Gasteiger partial charge in [0, 0.05) is 19.3 Å². The van der Waals surface area contributed by atoms with Crippen LogP contribution in [-0.4, -0.2) is 95.9 Å². The molecule has 91 heavy (non-hydrogen) atoms. The standard InChI is InChI=1S/C73H118O16P2/c1-4-7-10-13-16-19-22-25-28-31-32-33-34-37-39-41-44-47-50-53-56-59-71(76)83-62-68(74)63-85-90(79,80)86-64-69(75)65-87-91(81,82)88-67-70(89-73(78)61-58-55-52-49-46-43-40-36-30-27-24-21-18-15-12-9-6-3)66-84-72(77)60-57-54-51-48-45-42-38-35-29-26-23-20-17-14-11-8-5-2/h8-9,11-12,16-21,25-30,32-33,37-40,42-43,48,51,68-70,74-75H,4-7,10,13-15,22-24,31,34-36,41,44-47,49-50,52-67H2,1-3H3,(H,79,80)(H,81,82)/b11-8-,12-9-,19-16-,20-17-,21-18-,28-25-,29-26-,30-27-,33-32-,39-37-,42-38-,43-40-,51-48-. The molecule has 0 spiro atoms. The van der Waals surface area contributed by atoms with Crippen LogP contribution in [0.1, 0.15) is 226 Å². The van der Waals surface area contributed by atoms with Crippen LogP contribution in [0.3, 0.4) is 0 Å². The number of aliphatic hydroxyl groups is 2. The van der Waals surface area contributed by atoms with Crippen LogP contribution in [0.5, 0.6) is 0 Å². The molecule has 516 valence electrons. The summed E-state index contributed by atoms with van der Waals surface area (Å²) in [4.78, 5) is 58.3. The van der Waals surface area contributed by atoms with Gasteiger partial charge in [-0.2, -0.15) is 0 Å². The Hall–Kier alpha value is -4.83. The van der Waals surface area contributed by atoms with E-state index in [1.165, 1.54) is 25.7 Å². The SMILES string of the molecule is CC/C=C\C/C=C\C/C=C\C/C=C\C/C=C\CCCC(=O)OCC(COP(=O)(O)OCC(O)COP(=O)(O)OCC(O)COC(=O)CCCCCCC/C=C\C/C=C\C/C=C\C/C=C\CCCCC)OC(=O)CCCCCC/C=C\C/C=C\C/C=C\C/C=C\CC. The number of allylic oxidation sites excluding steroid dienone is 26. The van der Waals surface area contributed by atoms with E-state index in [0.29, 0.717) is 25.7 Å². The first-order valence-electron chi connectivity index (χ1n) is 33.8. The van der Waals surface area contributed by atoms with Gasteiger partial charge in [0.15, 0.2) is 6.10 Å². The highest BCUT2D eigenvalue weighted by Gasteiger charge is 2.29. The molecule has 0 aromatic carbocycles. The van der Waals surface area contributed by atoms with E-state index in [1.807, 2.05) is 12.2 Å². The lowest BCUT2D eigenvalue weighted by atomic mass is 10.1. The molecule has 0 heterocycles. The molecule has 18 heteroatoms. The molecule has 0 aliphatic heterocycles. The minimum atomic E-state index is -4.95. The summed E-state index contributed by atoms with van der Waals surface area (Å²) < 4.78 is 60.8.